The molecule has 0 saturated heterocycles. The standard InChI is InChI=1S/C17H11BrF2/c18-10-13-6-5-11-3-1-2-4-14(11)17(13)12-7-8-15(19)16(20)9-12/h1-9H,10H2. The van der Waals surface area contributed by atoms with Crippen molar-refractivity contribution in [2.24, 2.45) is 0 Å². The van der Waals surface area contributed by atoms with Crippen LogP contribution in [0.25, 0.3) is 21.9 Å². The molecule has 0 amide bonds. The van der Waals surface area contributed by atoms with E-state index >= 15 is 0 Å². The summed E-state index contributed by atoms with van der Waals surface area (Å²) < 4.78 is 26.6. The summed E-state index contributed by atoms with van der Waals surface area (Å²) in [6.07, 6.45) is 0. The zero-order valence-corrected chi connectivity index (χ0v) is 12.1. The van der Waals surface area contributed by atoms with E-state index < -0.39 is 11.6 Å². The Morgan fingerprint density at radius 3 is 2.40 bits per heavy atom. The Kier molecular flexibility index (Phi) is 3.53. The van der Waals surface area contributed by atoms with Crippen molar-refractivity contribution in [1.82, 2.24) is 0 Å². The number of halogens is 3. The van der Waals surface area contributed by atoms with E-state index in [0.29, 0.717) is 10.9 Å². The van der Waals surface area contributed by atoms with Crippen LogP contribution in [0.3, 0.4) is 0 Å². The minimum atomic E-state index is -0.825. The van der Waals surface area contributed by atoms with Gasteiger partial charge in [0.15, 0.2) is 11.6 Å². The highest BCUT2D eigenvalue weighted by atomic mass is 79.9. The van der Waals surface area contributed by atoms with Gasteiger partial charge in [0.05, 0.1) is 0 Å². The molecular formula is C17H11BrF2. The van der Waals surface area contributed by atoms with E-state index in [1.165, 1.54) is 12.1 Å². The maximum absolute atomic E-state index is 13.5. The molecule has 0 nitrogen and oxygen atoms in total. The molecule has 0 heterocycles. The highest BCUT2D eigenvalue weighted by Gasteiger charge is 2.11. The molecule has 0 unspecified atom stereocenters. The molecule has 0 saturated carbocycles. The average Bonchev–Trinajstić information content (AvgIpc) is 2.49. The first-order valence-corrected chi connectivity index (χ1v) is 7.35. The van der Waals surface area contributed by atoms with E-state index in [9.17, 15) is 8.78 Å². The zero-order valence-electron chi connectivity index (χ0n) is 10.5. The summed E-state index contributed by atoms with van der Waals surface area (Å²) in [6, 6.07) is 16.0. The van der Waals surface area contributed by atoms with Crippen molar-refractivity contribution in [2.45, 2.75) is 5.33 Å². The fourth-order valence-electron chi connectivity index (χ4n) is 2.42. The second-order valence-electron chi connectivity index (χ2n) is 4.58. The molecule has 0 fully saturated rings. The third-order valence-corrected chi connectivity index (χ3v) is 3.97. The van der Waals surface area contributed by atoms with Crippen LogP contribution in [0.15, 0.2) is 54.6 Å². The van der Waals surface area contributed by atoms with Gasteiger partial charge in [0, 0.05) is 5.33 Å². The van der Waals surface area contributed by atoms with Crippen LogP contribution in [0.4, 0.5) is 8.78 Å². The summed E-state index contributed by atoms with van der Waals surface area (Å²) in [7, 11) is 0. The Bertz CT molecular complexity index is 781. The van der Waals surface area contributed by atoms with Crippen LogP contribution >= 0.6 is 15.9 Å². The van der Waals surface area contributed by atoms with Gasteiger partial charge >= 0.3 is 0 Å². The summed E-state index contributed by atoms with van der Waals surface area (Å²) in [4.78, 5) is 0. The number of benzene rings is 3. The molecule has 0 atom stereocenters. The molecule has 0 radical (unpaired) electrons. The van der Waals surface area contributed by atoms with Gasteiger partial charge in [-0.2, -0.15) is 0 Å². The van der Waals surface area contributed by atoms with E-state index in [4.69, 9.17) is 0 Å². The normalized spacial score (nSPS) is 10.9. The molecule has 3 aromatic rings. The summed E-state index contributed by atoms with van der Waals surface area (Å²) in [5.41, 5.74) is 2.68. The second-order valence-corrected chi connectivity index (χ2v) is 5.14. The predicted octanol–water partition coefficient (Wildman–Crippen LogP) is 5.68. The van der Waals surface area contributed by atoms with Crippen LogP contribution in [-0.4, -0.2) is 0 Å². The highest BCUT2D eigenvalue weighted by Crippen LogP contribution is 2.34. The van der Waals surface area contributed by atoms with Gasteiger partial charge < -0.3 is 0 Å². The zero-order chi connectivity index (χ0) is 14.1. The third kappa shape index (κ3) is 2.22. The largest absolute Gasteiger partial charge is 0.204 e. The summed E-state index contributed by atoms with van der Waals surface area (Å²) >= 11 is 3.46. The van der Waals surface area contributed by atoms with Crippen molar-refractivity contribution >= 4 is 26.7 Å². The van der Waals surface area contributed by atoms with Crippen molar-refractivity contribution in [2.75, 3.05) is 0 Å². The lowest BCUT2D eigenvalue weighted by Gasteiger charge is -2.12. The van der Waals surface area contributed by atoms with Gasteiger partial charge in [0.2, 0.25) is 0 Å². The van der Waals surface area contributed by atoms with Gasteiger partial charge in [0.1, 0.15) is 0 Å². The van der Waals surface area contributed by atoms with Gasteiger partial charge in [0.25, 0.3) is 0 Å². The molecule has 20 heavy (non-hydrogen) atoms. The SMILES string of the molecule is Fc1ccc(-c2c(CBr)ccc3ccccc23)cc1F. The third-order valence-electron chi connectivity index (χ3n) is 3.37. The van der Waals surface area contributed by atoms with Crippen molar-refractivity contribution in [3.63, 3.8) is 0 Å². The first-order valence-electron chi connectivity index (χ1n) is 6.22. The van der Waals surface area contributed by atoms with Crippen LogP contribution < -0.4 is 0 Å². The molecule has 3 heteroatoms. The Morgan fingerprint density at radius 2 is 1.65 bits per heavy atom. The van der Waals surface area contributed by atoms with Crippen molar-refractivity contribution < 1.29 is 8.78 Å². The average molecular weight is 333 g/mol. The van der Waals surface area contributed by atoms with Crippen LogP contribution in [0.2, 0.25) is 0 Å². The van der Waals surface area contributed by atoms with Crippen molar-refractivity contribution in [1.29, 1.82) is 0 Å². The Balaban J connectivity index is 2.35. The highest BCUT2D eigenvalue weighted by molar-refractivity contribution is 9.08. The van der Waals surface area contributed by atoms with Gasteiger partial charge in [-0.1, -0.05) is 58.4 Å². The smallest absolute Gasteiger partial charge is 0.159 e. The fraction of sp³-hybridized carbons (Fsp3) is 0.0588. The van der Waals surface area contributed by atoms with Gasteiger partial charge in [-0.05, 0) is 39.6 Å². The first kappa shape index (κ1) is 13.3. The minimum Gasteiger partial charge on any atom is -0.204 e. The van der Waals surface area contributed by atoms with Crippen LogP contribution in [0, 0.1) is 11.6 Å². The van der Waals surface area contributed by atoms with Gasteiger partial charge in [-0.15, -0.1) is 0 Å². The molecule has 100 valence electrons. The predicted molar refractivity (Wildman–Crippen MR) is 81.9 cm³/mol. The van der Waals surface area contributed by atoms with E-state index in [0.717, 1.165) is 21.9 Å². The number of alkyl halides is 1. The van der Waals surface area contributed by atoms with E-state index in [-0.39, 0.29) is 0 Å². The molecule has 3 rings (SSSR count). The topological polar surface area (TPSA) is 0 Å². The fourth-order valence-corrected chi connectivity index (χ4v) is 2.89. The van der Waals surface area contributed by atoms with Gasteiger partial charge in [-0.25, -0.2) is 8.78 Å². The molecule has 3 aromatic carbocycles. The van der Waals surface area contributed by atoms with Gasteiger partial charge in [-0.3, -0.25) is 0 Å². The van der Waals surface area contributed by atoms with E-state index in [1.54, 1.807) is 6.07 Å². The van der Waals surface area contributed by atoms with Crippen LogP contribution in [0.1, 0.15) is 5.56 Å². The van der Waals surface area contributed by atoms with Crippen molar-refractivity contribution in [3.8, 4) is 11.1 Å². The second kappa shape index (κ2) is 5.33. The molecule has 0 bridgehead atoms. The van der Waals surface area contributed by atoms with Crippen molar-refractivity contribution in [3.05, 3.63) is 71.8 Å². The van der Waals surface area contributed by atoms with Crippen LogP contribution in [0.5, 0.6) is 0 Å². The lowest BCUT2D eigenvalue weighted by Crippen LogP contribution is -1.91. The molecule has 0 aliphatic rings. The van der Waals surface area contributed by atoms with E-state index in [2.05, 4.69) is 15.9 Å². The molecule has 0 spiro atoms. The first-order chi connectivity index (χ1) is 9.70. The lowest BCUT2D eigenvalue weighted by molar-refractivity contribution is 0.509. The molecule has 0 aliphatic carbocycles. The Morgan fingerprint density at radius 1 is 0.850 bits per heavy atom. The molecule has 0 aromatic heterocycles. The number of rotatable bonds is 2. The molecular weight excluding hydrogens is 322 g/mol. The number of fused-ring (bicyclic) bond motifs is 1. The lowest BCUT2D eigenvalue weighted by atomic mass is 9.94. The minimum absolute atomic E-state index is 0.659. The summed E-state index contributed by atoms with van der Waals surface area (Å²) in [5, 5.41) is 2.78. The Labute approximate surface area is 124 Å². The summed E-state index contributed by atoms with van der Waals surface area (Å²) in [5.74, 6) is -1.65. The number of hydrogen-bond acceptors (Lipinski definition) is 0. The van der Waals surface area contributed by atoms with E-state index in [1.807, 2.05) is 36.4 Å². The monoisotopic (exact) mass is 332 g/mol. The maximum atomic E-state index is 13.5. The molecule has 0 aliphatic heterocycles. The molecule has 0 N–H and O–H groups in total. The quantitative estimate of drug-likeness (QED) is 0.529. The maximum Gasteiger partial charge on any atom is 0.159 e. The summed E-state index contributed by atoms with van der Waals surface area (Å²) in [6.45, 7) is 0. The van der Waals surface area contributed by atoms with Crippen LogP contribution in [-0.2, 0) is 5.33 Å². The Hall–Kier alpha value is -1.74. The number of hydrogen-bond donors (Lipinski definition) is 0.